The Bertz CT molecular complexity index is 570. The van der Waals surface area contributed by atoms with E-state index in [2.05, 4.69) is 10.3 Å². The average molecular weight is 336 g/mol. The molecule has 0 aliphatic heterocycles. The second-order valence-electron chi connectivity index (χ2n) is 4.06. The SMILES string of the molecule is Cc1cc(Cl)nc(Cl)c1NCc1cc(Cl)cc(Cl)c1. The highest BCUT2D eigenvalue weighted by molar-refractivity contribution is 6.35. The average Bonchev–Trinajstić information content (AvgIpc) is 2.25. The van der Waals surface area contributed by atoms with Gasteiger partial charge < -0.3 is 5.32 Å². The van der Waals surface area contributed by atoms with Gasteiger partial charge in [0.15, 0.2) is 5.15 Å². The van der Waals surface area contributed by atoms with Crippen LogP contribution in [0.1, 0.15) is 11.1 Å². The largest absolute Gasteiger partial charge is 0.378 e. The third kappa shape index (κ3) is 3.90. The second-order valence-corrected chi connectivity index (χ2v) is 5.68. The molecule has 6 heteroatoms. The molecule has 0 amide bonds. The number of benzene rings is 1. The molecule has 100 valence electrons. The number of aromatic nitrogens is 1. The molecule has 0 aliphatic carbocycles. The van der Waals surface area contributed by atoms with Crippen molar-refractivity contribution < 1.29 is 0 Å². The Morgan fingerprint density at radius 1 is 1.00 bits per heavy atom. The number of anilines is 1. The molecular weight excluding hydrogens is 326 g/mol. The Hall–Kier alpha value is -0.670. The minimum Gasteiger partial charge on any atom is -0.378 e. The lowest BCUT2D eigenvalue weighted by molar-refractivity contribution is 1.12. The molecule has 2 aromatic rings. The van der Waals surface area contributed by atoms with Crippen LogP contribution < -0.4 is 5.32 Å². The van der Waals surface area contributed by atoms with Crippen LogP contribution in [0.25, 0.3) is 0 Å². The summed E-state index contributed by atoms with van der Waals surface area (Å²) in [7, 11) is 0. The maximum atomic E-state index is 6.05. The standard InChI is InChI=1S/C13H10Cl4N2/c1-7-2-11(16)19-13(17)12(7)18-6-8-3-9(14)5-10(15)4-8/h2-5,18H,6H2,1H3. The third-order valence-electron chi connectivity index (χ3n) is 2.53. The zero-order valence-corrected chi connectivity index (χ0v) is 13.0. The van der Waals surface area contributed by atoms with Gasteiger partial charge >= 0.3 is 0 Å². The molecule has 0 bridgehead atoms. The van der Waals surface area contributed by atoms with Gasteiger partial charge in [-0.05, 0) is 42.3 Å². The van der Waals surface area contributed by atoms with Gasteiger partial charge in [-0.15, -0.1) is 0 Å². The second kappa shape index (κ2) is 6.19. The monoisotopic (exact) mass is 334 g/mol. The van der Waals surface area contributed by atoms with Crippen LogP contribution in [0.5, 0.6) is 0 Å². The summed E-state index contributed by atoms with van der Waals surface area (Å²) in [6.45, 7) is 2.46. The van der Waals surface area contributed by atoms with E-state index in [1.807, 2.05) is 19.1 Å². The van der Waals surface area contributed by atoms with E-state index >= 15 is 0 Å². The van der Waals surface area contributed by atoms with E-state index in [-0.39, 0.29) is 0 Å². The number of nitrogens with one attached hydrogen (secondary N) is 1. The van der Waals surface area contributed by atoms with Crippen molar-refractivity contribution in [1.82, 2.24) is 4.98 Å². The summed E-state index contributed by atoms with van der Waals surface area (Å²) in [4.78, 5) is 4.00. The van der Waals surface area contributed by atoms with Gasteiger partial charge in [-0.2, -0.15) is 0 Å². The van der Waals surface area contributed by atoms with Crippen molar-refractivity contribution in [1.29, 1.82) is 0 Å². The molecule has 0 fully saturated rings. The molecule has 0 unspecified atom stereocenters. The van der Waals surface area contributed by atoms with E-state index in [9.17, 15) is 0 Å². The van der Waals surface area contributed by atoms with Gasteiger partial charge in [0.25, 0.3) is 0 Å². The van der Waals surface area contributed by atoms with Crippen molar-refractivity contribution in [3.05, 3.63) is 55.7 Å². The highest BCUT2D eigenvalue weighted by Gasteiger charge is 2.07. The summed E-state index contributed by atoms with van der Waals surface area (Å²) in [5, 5.41) is 5.13. The molecule has 1 heterocycles. The lowest BCUT2D eigenvalue weighted by atomic mass is 10.2. The normalized spacial score (nSPS) is 10.6. The molecule has 0 saturated carbocycles. The molecular formula is C13H10Cl4N2. The smallest absolute Gasteiger partial charge is 0.154 e. The first-order valence-corrected chi connectivity index (χ1v) is 6.98. The lowest BCUT2D eigenvalue weighted by Gasteiger charge is -2.11. The van der Waals surface area contributed by atoms with E-state index in [0.29, 0.717) is 26.9 Å². The summed E-state index contributed by atoms with van der Waals surface area (Å²) in [5.41, 5.74) is 2.64. The number of hydrogen-bond acceptors (Lipinski definition) is 2. The van der Waals surface area contributed by atoms with E-state index in [4.69, 9.17) is 46.4 Å². The summed E-state index contributed by atoms with van der Waals surface area (Å²) in [6.07, 6.45) is 0. The fourth-order valence-electron chi connectivity index (χ4n) is 1.71. The quantitative estimate of drug-likeness (QED) is 0.737. The van der Waals surface area contributed by atoms with Crippen molar-refractivity contribution in [2.45, 2.75) is 13.5 Å². The predicted molar refractivity (Wildman–Crippen MR) is 82.8 cm³/mol. The first-order valence-electron chi connectivity index (χ1n) is 5.47. The van der Waals surface area contributed by atoms with Crippen molar-refractivity contribution in [2.24, 2.45) is 0 Å². The van der Waals surface area contributed by atoms with E-state index in [0.717, 1.165) is 16.8 Å². The summed E-state index contributed by atoms with van der Waals surface area (Å²) < 4.78 is 0. The highest BCUT2D eigenvalue weighted by atomic mass is 35.5. The first kappa shape index (κ1) is 14.7. The maximum absolute atomic E-state index is 6.05. The van der Waals surface area contributed by atoms with Crippen LogP contribution >= 0.6 is 46.4 Å². The van der Waals surface area contributed by atoms with Crippen LogP contribution in [0.2, 0.25) is 20.4 Å². The fraction of sp³-hybridized carbons (Fsp3) is 0.154. The molecule has 0 saturated heterocycles. The Labute approximate surface area is 131 Å². The minimum absolute atomic E-state index is 0.345. The third-order valence-corrected chi connectivity index (χ3v) is 3.44. The molecule has 19 heavy (non-hydrogen) atoms. The van der Waals surface area contributed by atoms with Gasteiger partial charge in [0.05, 0.1) is 5.69 Å². The summed E-state index contributed by atoms with van der Waals surface area (Å²) >= 11 is 23.8. The van der Waals surface area contributed by atoms with Gasteiger partial charge in [0, 0.05) is 16.6 Å². The molecule has 0 atom stereocenters. The number of halogens is 4. The Morgan fingerprint density at radius 3 is 2.21 bits per heavy atom. The number of pyridine rings is 1. The van der Waals surface area contributed by atoms with Crippen molar-refractivity contribution in [2.75, 3.05) is 5.32 Å². The van der Waals surface area contributed by atoms with Crippen LogP contribution in [0.4, 0.5) is 5.69 Å². The summed E-state index contributed by atoms with van der Waals surface area (Å²) in [5.74, 6) is 0. The van der Waals surface area contributed by atoms with E-state index in [1.165, 1.54) is 0 Å². The highest BCUT2D eigenvalue weighted by Crippen LogP contribution is 2.27. The number of hydrogen-bond donors (Lipinski definition) is 1. The molecule has 1 aromatic heterocycles. The zero-order chi connectivity index (χ0) is 14.0. The van der Waals surface area contributed by atoms with Gasteiger partial charge in [0.1, 0.15) is 5.15 Å². The molecule has 0 spiro atoms. The van der Waals surface area contributed by atoms with Gasteiger partial charge in [-0.3, -0.25) is 0 Å². The minimum atomic E-state index is 0.345. The molecule has 0 radical (unpaired) electrons. The number of rotatable bonds is 3. The fourth-order valence-corrected chi connectivity index (χ4v) is 2.88. The molecule has 2 nitrogen and oxygen atoms in total. The maximum Gasteiger partial charge on any atom is 0.154 e. The van der Waals surface area contributed by atoms with Crippen molar-refractivity contribution in [3.63, 3.8) is 0 Å². The van der Waals surface area contributed by atoms with E-state index in [1.54, 1.807) is 12.1 Å². The van der Waals surface area contributed by atoms with Crippen LogP contribution in [0.3, 0.4) is 0 Å². The summed E-state index contributed by atoms with van der Waals surface area (Å²) in [6, 6.07) is 7.12. The number of nitrogens with zero attached hydrogens (tertiary/aromatic N) is 1. The van der Waals surface area contributed by atoms with Crippen molar-refractivity contribution in [3.8, 4) is 0 Å². The Morgan fingerprint density at radius 2 is 1.63 bits per heavy atom. The van der Waals surface area contributed by atoms with E-state index < -0.39 is 0 Å². The predicted octanol–water partition coefficient (Wildman–Crippen LogP) is 5.62. The first-order chi connectivity index (χ1) is 8.95. The van der Waals surface area contributed by atoms with Gasteiger partial charge in [0.2, 0.25) is 0 Å². The molecule has 2 rings (SSSR count). The molecule has 0 aliphatic rings. The Balaban J connectivity index is 2.19. The van der Waals surface area contributed by atoms with Gasteiger partial charge in [-0.25, -0.2) is 4.98 Å². The Kier molecular flexibility index (Phi) is 4.80. The van der Waals surface area contributed by atoms with Crippen LogP contribution in [-0.4, -0.2) is 4.98 Å². The van der Waals surface area contributed by atoms with Gasteiger partial charge in [-0.1, -0.05) is 46.4 Å². The topological polar surface area (TPSA) is 24.9 Å². The zero-order valence-electron chi connectivity index (χ0n) is 9.98. The molecule has 1 aromatic carbocycles. The van der Waals surface area contributed by atoms with Crippen LogP contribution in [0.15, 0.2) is 24.3 Å². The van der Waals surface area contributed by atoms with Crippen molar-refractivity contribution >= 4 is 52.1 Å². The molecule has 1 N–H and O–H groups in total. The number of aryl methyl sites for hydroxylation is 1. The van der Waals surface area contributed by atoms with Crippen LogP contribution in [-0.2, 0) is 6.54 Å². The van der Waals surface area contributed by atoms with Crippen LogP contribution in [0, 0.1) is 6.92 Å². The lowest BCUT2D eigenvalue weighted by Crippen LogP contribution is -2.03.